The molecule has 0 spiro atoms. The summed E-state index contributed by atoms with van der Waals surface area (Å²) in [5.74, 6) is 0.856. The van der Waals surface area contributed by atoms with E-state index in [0.717, 1.165) is 26.7 Å². The molecule has 1 aromatic heterocycles. The lowest BCUT2D eigenvalue weighted by molar-refractivity contribution is 0.220. The Labute approximate surface area is 229 Å². The van der Waals surface area contributed by atoms with Crippen LogP contribution in [0.1, 0.15) is 56.3 Å². The van der Waals surface area contributed by atoms with Gasteiger partial charge in [-0.3, -0.25) is 4.57 Å². The highest BCUT2D eigenvalue weighted by atomic mass is 35.5. The summed E-state index contributed by atoms with van der Waals surface area (Å²) in [6, 6.07) is 16.1. The molecule has 3 aromatic rings. The predicted octanol–water partition coefficient (Wildman–Crippen LogP) is 6.71. The quantitative estimate of drug-likeness (QED) is 0.156. The first-order chi connectivity index (χ1) is 17.8. The zero-order valence-corrected chi connectivity index (χ0v) is 24.4. The van der Waals surface area contributed by atoms with Crippen molar-refractivity contribution in [1.82, 2.24) is 14.9 Å². The minimum absolute atomic E-state index is 0.134. The van der Waals surface area contributed by atoms with Crippen molar-refractivity contribution in [3.05, 3.63) is 76.2 Å². The number of hydrogen-bond acceptors (Lipinski definition) is 7. The molecule has 202 valence electrons. The van der Waals surface area contributed by atoms with E-state index in [1.54, 1.807) is 11.8 Å². The van der Waals surface area contributed by atoms with Gasteiger partial charge in [0.1, 0.15) is 17.5 Å². The maximum absolute atomic E-state index is 12.6. The third-order valence-electron chi connectivity index (χ3n) is 5.63. The minimum atomic E-state index is -3.03. The van der Waals surface area contributed by atoms with Gasteiger partial charge in [0.05, 0.1) is 25.1 Å². The van der Waals surface area contributed by atoms with Gasteiger partial charge >= 0.3 is 7.60 Å². The van der Waals surface area contributed by atoms with E-state index in [9.17, 15) is 9.67 Å². The maximum atomic E-state index is 12.6. The maximum Gasteiger partial charge on any atom is 0.331 e. The molecule has 0 saturated carbocycles. The number of hydrogen-bond donors (Lipinski definition) is 2. The van der Waals surface area contributed by atoms with E-state index < -0.39 is 7.60 Å². The first-order valence-corrected chi connectivity index (χ1v) is 15.5. The van der Waals surface area contributed by atoms with Crippen LogP contribution in [0.4, 0.5) is 0 Å². The molecule has 2 N–H and O–H groups in total. The van der Waals surface area contributed by atoms with Crippen LogP contribution in [0, 0.1) is 0 Å². The van der Waals surface area contributed by atoms with Crippen molar-refractivity contribution in [1.29, 1.82) is 0 Å². The molecule has 0 aliphatic carbocycles. The summed E-state index contributed by atoms with van der Waals surface area (Å²) >= 11 is 7.83. The first-order valence-electron chi connectivity index (χ1n) is 12.6. The van der Waals surface area contributed by atoms with Crippen LogP contribution < -0.4 is 5.32 Å². The van der Waals surface area contributed by atoms with Crippen molar-refractivity contribution >= 4 is 31.0 Å². The summed E-state index contributed by atoms with van der Waals surface area (Å²) < 4.78 is 25.4. The van der Waals surface area contributed by atoms with Crippen molar-refractivity contribution in [2.24, 2.45) is 0 Å². The molecule has 0 saturated heterocycles. The van der Waals surface area contributed by atoms with E-state index in [0.29, 0.717) is 49.9 Å². The Morgan fingerprint density at radius 3 is 2.38 bits per heavy atom. The van der Waals surface area contributed by atoms with Gasteiger partial charge < -0.3 is 24.0 Å². The van der Waals surface area contributed by atoms with Gasteiger partial charge in [-0.15, -0.1) is 0 Å². The number of halogens is 1. The van der Waals surface area contributed by atoms with E-state index in [1.807, 2.05) is 38.1 Å². The molecule has 37 heavy (non-hydrogen) atoms. The fourth-order valence-corrected chi connectivity index (χ4v) is 6.89. The van der Waals surface area contributed by atoms with Gasteiger partial charge in [-0.25, -0.2) is 4.98 Å². The summed E-state index contributed by atoms with van der Waals surface area (Å²) in [4.78, 5) is 5.79. The molecule has 2 aromatic carbocycles. The van der Waals surface area contributed by atoms with Gasteiger partial charge in [0, 0.05) is 29.6 Å². The molecule has 1 heterocycles. The van der Waals surface area contributed by atoms with Crippen LogP contribution in [0.2, 0.25) is 5.02 Å². The predicted molar refractivity (Wildman–Crippen MR) is 151 cm³/mol. The molecule has 0 bridgehead atoms. The second kappa shape index (κ2) is 14.5. The van der Waals surface area contributed by atoms with E-state index in [2.05, 4.69) is 48.0 Å². The Balaban J connectivity index is 1.70. The van der Waals surface area contributed by atoms with E-state index in [4.69, 9.17) is 25.6 Å². The lowest BCUT2D eigenvalue weighted by Crippen LogP contribution is -2.19. The Morgan fingerprint density at radius 2 is 1.78 bits per heavy atom. The van der Waals surface area contributed by atoms with Crippen LogP contribution in [-0.2, 0) is 33.3 Å². The van der Waals surface area contributed by atoms with Crippen molar-refractivity contribution < 1.29 is 18.7 Å². The molecule has 7 nitrogen and oxygen atoms in total. The average Bonchev–Trinajstić information content (AvgIpc) is 3.20. The third-order valence-corrected chi connectivity index (χ3v) is 9.05. The number of aromatic nitrogens is 2. The average molecular weight is 566 g/mol. The van der Waals surface area contributed by atoms with E-state index >= 15 is 0 Å². The van der Waals surface area contributed by atoms with Crippen molar-refractivity contribution in [2.45, 2.75) is 63.2 Å². The zero-order valence-electron chi connectivity index (χ0n) is 21.9. The molecule has 0 amide bonds. The number of aliphatic hydroxyl groups is 1. The van der Waals surface area contributed by atoms with Crippen LogP contribution in [0.25, 0.3) is 0 Å². The fourth-order valence-electron chi connectivity index (χ4n) is 3.87. The van der Waals surface area contributed by atoms with Crippen LogP contribution in [0.5, 0.6) is 0 Å². The summed E-state index contributed by atoms with van der Waals surface area (Å²) in [6.07, 6.45) is 0.336. The molecule has 0 unspecified atom stereocenters. The fraction of sp³-hybridized carbons (Fsp3) is 0.444. The number of benzene rings is 2. The zero-order chi connectivity index (χ0) is 26.8. The van der Waals surface area contributed by atoms with Crippen molar-refractivity contribution in [2.75, 3.05) is 25.9 Å². The molecule has 0 aliphatic rings. The van der Waals surface area contributed by atoms with Crippen molar-refractivity contribution in [3.63, 3.8) is 0 Å². The molecular weight excluding hydrogens is 529 g/mol. The SMILES string of the molecule is CCOP(=O)(CCNCc1ccc(Cn2c(CO)nc(C(C)C)c2Sc2cccc(Cl)c2)cc1)OCC. The highest BCUT2D eigenvalue weighted by Crippen LogP contribution is 2.47. The number of aliphatic hydroxyl groups excluding tert-OH is 1. The molecule has 10 heteroatoms. The van der Waals surface area contributed by atoms with Crippen molar-refractivity contribution in [3.8, 4) is 0 Å². The first kappa shape index (κ1) is 29.9. The second-order valence-electron chi connectivity index (χ2n) is 8.84. The smallest absolute Gasteiger partial charge is 0.331 e. The van der Waals surface area contributed by atoms with Crippen LogP contribution in [0.3, 0.4) is 0 Å². The lowest BCUT2D eigenvalue weighted by atomic mass is 10.1. The highest BCUT2D eigenvalue weighted by Gasteiger charge is 2.23. The topological polar surface area (TPSA) is 85.6 Å². The van der Waals surface area contributed by atoms with Gasteiger partial charge in [-0.2, -0.15) is 0 Å². The van der Waals surface area contributed by atoms with Gasteiger partial charge in [0.2, 0.25) is 0 Å². The molecule has 0 atom stereocenters. The number of rotatable bonds is 15. The van der Waals surface area contributed by atoms with E-state index in [1.165, 1.54) is 0 Å². The molecular formula is C27H37ClN3O4PS. The monoisotopic (exact) mass is 565 g/mol. The standard InChI is InChI=1S/C27H37ClN3O4PS/c1-5-34-36(33,35-6-2)15-14-29-17-21-10-12-22(13-11-21)18-31-25(19-32)30-26(20(3)4)27(31)37-24-9-7-8-23(28)16-24/h7-13,16,20,29,32H,5-6,14-15,17-19H2,1-4H3. The minimum Gasteiger partial charge on any atom is -0.388 e. The third kappa shape index (κ3) is 8.69. The molecule has 0 aliphatic heterocycles. The Morgan fingerprint density at radius 1 is 1.11 bits per heavy atom. The normalized spacial score (nSPS) is 12.0. The number of imidazole rings is 1. The Hall–Kier alpha value is -1.64. The van der Waals surface area contributed by atoms with E-state index in [-0.39, 0.29) is 12.5 Å². The summed E-state index contributed by atoms with van der Waals surface area (Å²) in [7, 11) is -3.03. The van der Waals surface area contributed by atoms with Gasteiger partial charge in [-0.05, 0) is 49.1 Å². The molecule has 3 rings (SSSR count). The van der Waals surface area contributed by atoms with Gasteiger partial charge in [-0.1, -0.05) is 67.5 Å². The van der Waals surface area contributed by atoms with Crippen LogP contribution in [-0.4, -0.2) is 40.6 Å². The summed E-state index contributed by atoms with van der Waals surface area (Å²) in [6.45, 7) is 10.2. The van der Waals surface area contributed by atoms with Crippen LogP contribution in [0.15, 0.2) is 58.5 Å². The van der Waals surface area contributed by atoms with Gasteiger partial charge in [0.15, 0.2) is 0 Å². The Bertz CT molecular complexity index is 1180. The highest BCUT2D eigenvalue weighted by molar-refractivity contribution is 7.99. The van der Waals surface area contributed by atoms with Gasteiger partial charge in [0.25, 0.3) is 0 Å². The Kier molecular flexibility index (Phi) is 11.7. The summed E-state index contributed by atoms with van der Waals surface area (Å²) in [5.41, 5.74) is 3.19. The molecule has 0 radical (unpaired) electrons. The molecule has 0 fully saturated rings. The second-order valence-corrected chi connectivity index (χ2v) is 12.5. The van der Waals surface area contributed by atoms with Crippen LogP contribution >= 0.6 is 31.0 Å². The largest absolute Gasteiger partial charge is 0.388 e. The number of nitrogens with one attached hydrogen (secondary N) is 1. The lowest BCUT2D eigenvalue weighted by Gasteiger charge is -2.17. The summed E-state index contributed by atoms with van der Waals surface area (Å²) in [5, 5.41) is 15.1. The number of nitrogens with zero attached hydrogens (tertiary/aromatic N) is 2.